The molecule has 110 valence electrons. The van der Waals surface area contributed by atoms with E-state index >= 15 is 0 Å². The van der Waals surface area contributed by atoms with Crippen LogP contribution in [0.1, 0.15) is 29.0 Å². The molecule has 3 rings (SSSR count). The van der Waals surface area contributed by atoms with Gasteiger partial charge >= 0.3 is 6.03 Å². The number of nitrogens with one attached hydrogen (secondary N) is 1. The number of carbonyl (C=O) groups is 1. The molecule has 2 aromatic rings. The third-order valence-corrected chi connectivity index (χ3v) is 5.08. The Bertz CT molecular complexity index is 638. The van der Waals surface area contributed by atoms with Crippen LogP contribution in [-0.2, 0) is 13.0 Å². The lowest BCUT2D eigenvalue weighted by Gasteiger charge is -2.28. The minimum absolute atomic E-state index is 0.00528. The zero-order chi connectivity index (χ0) is 14.8. The maximum absolute atomic E-state index is 12.4. The summed E-state index contributed by atoms with van der Waals surface area (Å²) in [5.41, 5.74) is 2.33. The van der Waals surface area contributed by atoms with Crippen LogP contribution in [0.15, 0.2) is 35.7 Å². The van der Waals surface area contributed by atoms with Gasteiger partial charge in [0, 0.05) is 23.0 Å². The molecule has 2 heterocycles. The van der Waals surface area contributed by atoms with E-state index in [0.717, 1.165) is 18.5 Å². The quantitative estimate of drug-likeness (QED) is 0.882. The molecule has 0 radical (unpaired) electrons. The summed E-state index contributed by atoms with van der Waals surface area (Å²) in [5, 5.41) is 5.86. The van der Waals surface area contributed by atoms with Gasteiger partial charge < -0.3 is 10.2 Å². The fourth-order valence-electron chi connectivity index (χ4n) is 2.53. The van der Waals surface area contributed by atoms with Crippen LogP contribution in [0.3, 0.4) is 0 Å². The minimum atomic E-state index is -0.0290. The summed E-state index contributed by atoms with van der Waals surface area (Å²) in [4.78, 5) is 15.7. The topological polar surface area (TPSA) is 32.3 Å². The molecule has 0 bridgehead atoms. The van der Waals surface area contributed by atoms with E-state index in [2.05, 4.69) is 16.8 Å². The number of carbonyl (C=O) groups excluding carboxylic acids is 1. The fraction of sp³-hybridized carbons (Fsp3) is 0.312. The first kappa shape index (κ1) is 14.4. The molecule has 1 aliphatic heterocycles. The molecule has 3 nitrogen and oxygen atoms in total. The van der Waals surface area contributed by atoms with Crippen molar-refractivity contribution in [3.8, 4) is 0 Å². The van der Waals surface area contributed by atoms with Gasteiger partial charge in [-0.25, -0.2) is 4.79 Å². The average molecular weight is 321 g/mol. The molecular formula is C16H17ClN2OS. The fourth-order valence-corrected chi connectivity index (χ4v) is 3.55. The molecule has 0 saturated carbocycles. The Morgan fingerprint density at radius 3 is 2.86 bits per heavy atom. The number of rotatable bonds is 2. The first-order valence-electron chi connectivity index (χ1n) is 6.99. The van der Waals surface area contributed by atoms with Crippen molar-refractivity contribution in [2.75, 3.05) is 6.54 Å². The zero-order valence-corrected chi connectivity index (χ0v) is 13.4. The smallest absolute Gasteiger partial charge is 0.318 e. The van der Waals surface area contributed by atoms with Gasteiger partial charge in [-0.2, -0.15) is 0 Å². The average Bonchev–Trinajstić information content (AvgIpc) is 2.95. The van der Waals surface area contributed by atoms with Gasteiger partial charge in [0.05, 0.1) is 6.04 Å². The number of urea groups is 1. The van der Waals surface area contributed by atoms with E-state index in [9.17, 15) is 4.79 Å². The molecule has 1 unspecified atom stereocenters. The Balaban J connectivity index is 1.63. The van der Waals surface area contributed by atoms with Gasteiger partial charge in [-0.05, 0) is 48.1 Å². The molecule has 0 aliphatic carbocycles. The maximum Gasteiger partial charge on any atom is 0.318 e. The van der Waals surface area contributed by atoms with Crippen molar-refractivity contribution in [2.45, 2.75) is 25.9 Å². The van der Waals surface area contributed by atoms with E-state index in [-0.39, 0.29) is 12.1 Å². The monoisotopic (exact) mass is 320 g/mol. The zero-order valence-electron chi connectivity index (χ0n) is 11.8. The largest absolute Gasteiger partial charge is 0.331 e. The van der Waals surface area contributed by atoms with Crippen molar-refractivity contribution in [2.24, 2.45) is 0 Å². The van der Waals surface area contributed by atoms with Gasteiger partial charge in [0.15, 0.2) is 0 Å². The highest BCUT2D eigenvalue weighted by Crippen LogP contribution is 2.24. The van der Waals surface area contributed by atoms with E-state index in [1.165, 1.54) is 10.4 Å². The van der Waals surface area contributed by atoms with Crippen LogP contribution >= 0.6 is 22.9 Å². The molecule has 1 aliphatic rings. The number of hydrogen-bond donors (Lipinski definition) is 1. The van der Waals surface area contributed by atoms with Crippen LogP contribution in [0.4, 0.5) is 4.79 Å². The van der Waals surface area contributed by atoms with E-state index in [4.69, 9.17) is 11.6 Å². The normalized spacial score (nSPS) is 15.4. The van der Waals surface area contributed by atoms with Crippen LogP contribution in [0.5, 0.6) is 0 Å². The second kappa shape index (κ2) is 6.08. The standard InChI is InChI=1S/C16H17ClN2OS/c1-11(12-2-4-14(17)5-3-12)18-16(20)19-8-6-15-13(10-19)7-9-21-15/h2-5,7,9,11H,6,8,10H2,1H3,(H,18,20). The molecule has 5 heteroatoms. The van der Waals surface area contributed by atoms with Gasteiger partial charge in [0.25, 0.3) is 0 Å². The Morgan fingerprint density at radius 2 is 2.10 bits per heavy atom. The highest BCUT2D eigenvalue weighted by atomic mass is 35.5. The van der Waals surface area contributed by atoms with Crippen molar-refractivity contribution in [3.05, 3.63) is 56.7 Å². The van der Waals surface area contributed by atoms with Gasteiger partial charge in [0.2, 0.25) is 0 Å². The Labute approximate surface area is 133 Å². The van der Waals surface area contributed by atoms with Crippen molar-refractivity contribution in [1.82, 2.24) is 10.2 Å². The molecule has 1 aromatic carbocycles. The Morgan fingerprint density at radius 1 is 1.33 bits per heavy atom. The van der Waals surface area contributed by atoms with Gasteiger partial charge in [0.1, 0.15) is 0 Å². The first-order valence-corrected chi connectivity index (χ1v) is 8.25. The number of fused-ring (bicyclic) bond motifs is 1. The number of thiophene rings is 1. The lowest BCUT2D eigenvalue weighted by atomic mass is 10.1. The predicted octanol–water partition coefficient (Wildman–Crippen LogP) is 4.23. The number of nitrogens with zero attached hydrogens (tertiary/aromatic N) is 1. The highest BCUT2D eigenvalue weighted by Gasteiger charge is 2.22. The van der Waals surface area contributed by atoms with Crippen LogP contribution in [-0.4, -0.2) is 17.5 Å². The molecule has 21 heavy (non-hydrogen) atoms. The van der Waals surface area contributed by atoms with Gasteiger partial charge in [-0.3, -0.25) is 0 Å². The van der Waals surface area contributed by atoms with E-state index < -0.39 is 0 Å². The van der Waals surface area contributed by atoms with Crippen LogP contribution in [0.25, 0.3) is 0 Å². The first-order chi connectivity index (χ1) is 10.1. The predicted molar refractivity (Wildman–Crippen MR) is 86.8 cm³/mol. The lowest BCUT2D eigenvalue weighted by molar-refractivity contribution is 0.189. The van der Waals surface area contributed by atoms with Gasteiger partial charge in [-0.15, -0.1) is 11.3 Å². The summed E-state index contributed by atoms with van der Waals surface area (Å²) in [6.07, 6.45) is 0.954. The van der Waals surface area contributed by atoms with Crippen molar-refractivity contribution in [1.29, 1.82) is 0 Å². The maximum atomic E-state index is 12.4. The summed E-state index contributed by atoms with van der Waals surface area (Å²) in [5.74, 6) is 0. The number of benzene rings is 1. The van der Waals surface area contributed by atoms with E-state index in [0.29, 0.717) is 11.6 Å². The molecule has 0 spiro atoms. The van der Waals surface area contributed by atoms with Crippen LogP contribution in [0.2, 0.25) is 5.02 Å². The van der Waals surface area contributed by atoms with Gasteiger partial charge in [-0.1, -0.05) is 23.7 Å². The summed E-state index contributed by atoms with van der Waals surface area (Å²) in [7, 11) is 0. The summed E-state index contributed by atoms with van der Waals surface area (Å²) >= 11 is 7.67. The Kier molecular flexibility index (Phi) is 4.17. The summed E-state index contributed by atoms with van der Waals surface area (Å²) in [6.45, 7) is 3.48. The number of amides is 2. The van der Waals surface area contributed by atoms with Crippen molar-refractivity contribution in [3.63, 3.8) is 0 Å². The van der Waals surface area contributed by atoms with Crippen molar-refractivity contribution >= 4 is 29.0 Å². The summed E-state index contributed by atoms with van der Waals surface area (Å²) in [6, 6.07) is 9.66. The minimum Gasteiger partial charge on any atom is -0.331 e. The number of hydrogen-bond acceptors (Lipinski definition) is 2. The van der Waals surface area contributed by atoms with Crippen LogP contribution < -0.4 is 5.32 Å². The van der Waals surface area contributed by atoms with Crippen molar-refractivity contribution < 1.29 is 4.79 Å². The molecular weight excluding hydrogens is 304 g/mol. The molecule has 1 aromatic heterocycles. The van der Waals surface area contributed by atoms with E-state index in [1.807, 2.05) is 36.1 Å². The molecule has 1 N–H and O–H groups in total. The molecule has 0 fully saturated rings. The SMILES string of the molecule is CC(NC(=O)N1CCc2sccc2C1)c1ccc(Cl)cc1. The second-order valence-electron chi connectivity index (χ2n) is 5.26. The second-order valence-corrected chi connectivity index (χ2v) is 6.70. The lowest BCUT2D eigenvalue weighted by Crippen LogP contribution is -2.43. The molecule has 0 saturated heterocycles. The summed E-state index contributed by atoms with van der Waals surface area (Å²) < 4.78 is 0. The molecule has 1 atom stereocenters. The third-order valence-electron chi connectivity index (χ3n) is 3.80. The van der Waals surface area contributed by atoms with E-state index in [1.54, 1.807) is 11.3 Å². The van der Waals surface area contributed by atoms with Crippen LogP contribution in [0, 0.1) is 0 Å². The number of halogens is 1. The highest BCUT2D eigenvalue weighted by molar-refractivity contribution is 7.10. The Hall–Kier alpha value is -1.52. The third kappa shape index (κ3) is 3.22. The molecule has 2 amide bonds.